The van der Waals surface area contributed by atoms with Crippen molar-refractivity contribution in [3.63, 3.8) is 0 Å². The van der Waals surface area contributed by atoms with E-state index >= 15 is 0 Å². The Bertz CT molecular complexity index is 614. The third-order valence-electron chi connectivity index (χ3n) is 4.87. The van der Waals surface area contributed by atoms with E-state index < -0.39 is 0 Å². The molecule has 25 heavy (non-hydrogen) atoms. The van der Waals surface area contributed by atoms with Gasteiger partial charge in [-0.3, -0.25) is 14.3 Å². The van der Waals surface area contributed by atoms with Gasteiger partial charge in [0.15, 0.2) is 0 Å². The molecule has 0 aromatic carbocycles. The Morgan fingerprint density at radius 3 is 2.44 bits per heavy atom. The molecule has 0 bridgehead atoms. The number of rotatable bonds is 6. The Morgan fingerprint density at radius 1 is 1.24 bits per heavy atom. The maximum absolute atomic E-state index is 12.7. The van der Waals surface area contributed by atoms with Crippen molar-refractivity contribution in [1.82, 2.24) is 14.7 Å². The van der Waals surface area contributed by atoms with Gasteiger partial charge in [-0.25, -0.2) is 0 Å². The second-order valence-electron chi connectivity index (χ2n) is 7.31. The fourth-order valence-corrected chi connectivity index (χ4v) is 3.40. The molecule has 0 unspecified atom stereocenters. The quantitative estimate of drug-likeness (QED) is 0.740. The number of likely N-dealkylation sites (tertiary alicyclic amines) is 1. The van der Waals surface area contributed by atoms with E-state index in [1.807, 2.05) is 30.4 Å². The predicted molar refractivity (Wildman–Crippen MR) is 96.2 cm³/mol. The summed E-state index contributed by atoms with van der Waals surface area (Å²) in [6.45, 7) is 12.7. The summed E-state index contributed by atoms with van der Waals surface area (Å²) in [5.41, 5.74) is 3.06. The normalized spacial score (nSPS) is 15.7. The van der Waals surface area contributed by atoms with Crippen molar-refractivity contribution < 1.29 is 14.3 Å². The lowest BCUT2D eigenvalue weighted by Gasteiger charge is -2.31. The van der Waals surface area contributed by atoms with Gasteiger partial charge in [0.25, 0.3) is 0 Å². The van der Waals surface area contributed by atoms with Crippen molar-refractivity contribution in [2.24, 2.45) is 11.8 Å². The van der Waals surface area contributed by atoms with Crippen LogP contribution in [0.1, 0.15) is 50.6 Å². The SMILES string of the molecule is CCOC(=O)C1CCN(C(=O)Cc2c(C)nn(CC(C)C)c2C)CC1. The lowest BCUT2D eigenvalue weighted by atomic mass is 9.96. The van der Waals surface area contributed by atoms with Crippen molar-refractivity contribution in [2.45, 2.75) is 60.4 Å². The second-order valence-corrected chi connectivity index (χ2v) is 7.31. The Morgan fingerprint density at radius 2 is 1.88 bits per heavy atom. The first-order valence-electron chi connectivity index (χ1n) is 9.30. The van der Waals surface area contributed by atoms with Gasteiger partial charge >= 0.3 is 5.97 Å². The minimum Gasteiger partial charge on any atom is -0.466 e. The van der Waals surface area contributed by atoms with Crippen molar-refractivity contribution in [3.8, 4) is 0 Å². The molecule has 1 aromatic rings. The number of carbonyl (C=O) groups excluding carboxylic acids is 2. The van der Waals surface area contributed by atoms with E-state index in [-0.39, 0.29) is 17.8 Å². The third-order valence-corrected chi connectivity index (χ3v) is 4.87. The summed E-state index contributed by atoms with van der Waals surface area (Å²) in [6, 6.07) is 0. The highest BCUT2D eigenvalue weighted by molar-refractivity contribution is 5.80. The summed E-state index contributed by atoms with van der Waals surface area (Å²) in [6.07, 6.45) is 1.77. The second kappa shape index (κ2) is 8.50. The first kappa shape index (κ1) is 19.5. The average molecular weight is 349 g/mol. The Labute approximate surface area is 150 Å². The van der Waals surface area contributed by atoms with Crippen LogP contribution < -0.4 is 0 Å². The summed E-state index contributed by atoms with van der Waals surface area (Å²) in [5, 5.41) is 4.59. The van der Waals surface area contributed by atoms with Crippen LogP contribution in [0.2, 0.25) is 0 Å². The number of aryl methyl sites for hydroxylation is 1. The highest BCUT2D eigenvalue weighted by atomic mass is 16.5. The first-order chi connectivity index (χ1) is 11.8. The molecule has 0 atom stereocenters. The van der Waals surface area contributed by atoms with E-state index in [0.717, 1.165) is 23.5 Å². The number of hydrogen-bond acceptors (Lipinski definition) is 4. The summed E-state index contributed by atoms with van der Waals surface area (Å²) >= 11 is 0. The lowest BCUT2D eigenvalue weighted by Crippen LogP contribution is -2.41. The molecule has 140 valence electrons. The maximum Gasteiger partial charge on any atom is 0.309 e. The zero-order valence-corrected chi connectivity index (χ0v) is 16.2. The van der Waals surface area contributed by atoms with Gasteiger partial charge in [-0.2, -0.15) is 5.10 Å². The molecule has 1 fully saturated rings. The van der Waals surface area contributed by atoms with Gasteiger partial charge in [-0.1, -0.05) is 13.8 Å². The molecule has 0 saturated carbocycles. The van der Waals surface area contributed by atoms with Gasteiger partial charge in [0.05, 0.1) is 24.6 Å². The predicted octanol–water partition coefficient (Wildman–Crippen LogP) is 2.50. The van der Waals surface area contributed by atoms with E-state index in [9.17, 15) is 9.59 Å². The fourth-order valence-electron chi connectivity index (χ4n) is 3.40. The molecule has 0 N–H and O–H groups in total. The number of hydrogen-bond donors (Lipinski definition) is 0. The number of nitrogens with zero attached hydrogens (tertiary/aromatic N) is 3. The molecule has 6 heteroatoms. The summed E-state index contributed by atoms with van der Waals surface area (Å²) in [4.78, 5) is 26.4. The lowest BCUT2D eigenvalue weighted by molar-refractivity contribution is -0.151. The zero-order chi connectivity index (χ0) is 18.6. The molecule has 1 aliphatic rings. The van der Waals surface area contributed by atoms with Gasteiger partial charge in [-0.05, 0) is 39.5 Å². The summed E-state index contributed by atoms with van der Waals surface area (Å²) in [7, 11) is 0. The van der Waals surface area contributed by atoms with Crippen LogP contribution in [0.4, 0.5) is 0 Å². The third kappa shape index (κ3) is 4.83. The average Bonchev–Trinajstić information content (AvgIpc) is 2.82. The number of ether oxygens (including phenoxy) is 1. The molecule has 1 amide bonds. The largest absolute Gasteiger partial charge is 0.466 e. The molecule has 2 heterocycles. The highest BCUT2D eigenvalue weighted by Gasteiger charge is 2.29. The molecule has 1 aromatic heterocycles. The molecule has 2 rings (SSSR count). The van der Waals surface area contributed by atoms with Crippen LogP contribution in [0, 0.1) is 25.7 Å². The van der Waals surface area contributed by atoms with Gasteiger partial charge < -0.3 is 9.64 Å². The van der Waals surface area contributed by atoms with E-state index in [1.54, 1.807) is 0 Å². The molecule has 0 aliphatic carbocycles. The van der Waals surface area contributed by atoms with Gasteiger partial charge in [0.1, 0.15) is 0 Å². The van der Waals surface area contributed by atoms with Crippen LogP contribution in [-0.4, -0.2) is 46.3 Å². The number of esters is 1. The van der Waals surface area contributed by atoms with Crippen LogP contribution in [0.3, 0.4) is 0 Å². The van der Waals surface area contributed by atoms with E-state index in [4.69, 9.17) is 4.74 Å². The molecule has 1 aliphatic heterocycles. The van der Waals surface area contributed by atoms with Crippen molar-refractivity contribution in [2.75, 3.05) is 19.7 Å². The molecular formula is C19H31N3O3. The molecular weight excluding hydrogens is 318 g/mol. The topological polar surface area (TPSA) is 64.4 Å². The maximum atomic E-state index is 12.7. The number of piperidine rings is 1. The minimum absolute atomic E-state index is 0.0683. The standard InChI is InChI=1S/C19H31N3O3/c1-6-25-19(24)16-7-9-21(10-8-16)18(23)11-17-14(4)20-22(15(17)5)12-13(2)3/h13,16H,6-12H2,1-5H3. The monoisotopic (exact) mass is 349 g/mol. The fraction of sp³-hybridized carbons (Fsp3) is 0.737. The molecule has 6 nitrogen and oxygen atoms in total. The van der Waals surface area contributed by atoms with Crippen LogP contribution in [0.25, 0.3) is 0 Å². The summed E-state index contributed by atoms with van der Waals surface area (Å²) in [5.74, 6) is 0.443. The highest BCUT2D eigenvalue weighted by Crippen LogP contribution is 2.21. The van der Waals surface area contributed by atoms with Gasteiger partial charge in [-0.15, -0.1) is 0 Å². The molecule has 1 saturated heterocycles. The van der Waals surface area contributed by atoms with E-state index in [2.05, 4.69) is 18.9 Å². The number of carbonyl (C=O) groups is 2. The smallest absolute Gasteiger partial charge is 0.309 e. The van der Waals surface area contributed by atoms with Gasteiger partial charge in [0, 0.05) is 30.9 Å². The molecule has 0 spiro atoms. The van der Waals surface area contributed by atoms with Crippen LogP contribution >= 0.6 is 0 Å². The number of amides is 1. The van der Waals surface area contributed by atoms with Crippen LogP contribution in [0.5, 0.6) is 0 Å². The van der Waals surface area contributed by atoms with Crippen LogP contribution in [0.15, 0.2) is 0 Å². The molecule has 0 radical (unpaired) electrons. The summed E-state index contributed by atoms with van der Waals surface area (Å²) < 4.78 is 7.09. The van der Waals surface area contributed by atoms with Crippen molar-refractivity contribution in [3.05, 3.63) is 17.0 Å². The minimum atomic E-state index is -0.128. The number of aromatic nitrogens is 2. The Balaban J connectivity index is 1.95. The van der Waals surface area contributed by atoms with Crippen LogP contribution in [-0.2, 0) is 27.3 Å². The van der Waals surface area contributed by atoms with Crippen molar-refractivity contribution >= 4 is 11.9 Å². The first-order valence-corrected chi connectivity index (χ1v) is 9.30. The van der Waals surface area contributed by atoms with Gasteiger partial charge in [0.2, 0.25) is 5.91 Å². The zero-order valence-electron chi connectivity index (χ0n) is 16.2. The Hall–Kier alpha value is -1.85. The van der Waals surface area contributed by atoms with Crippen molar-refractivity contribution in [1.29, 1.82) is 0 Å². The van der Waals surface area contributed by atoms with E-state index in [1.165, 1.54) is 0 Å². The van der Waals surface area contributed by atoms with E-state index in [0.29, 0.717) is 44.9 Å². The Kier molecular flexibility index (Phi) is 6.62.